The molecule has 0 aliphatic heterocycles. The van der Waals surface area contributed by atoms with Crippen molar-refractivity contribution in [2.75, 3.05) is 5.32 Å². The Bertz CT molecular complexity index is 1120. The van der Waals surface area contributed by atoms with Gasteiger partial charge in [0.25, 0.3) is 11.6 Å². The van der Waals surface area contributed by atoms with Crippen LogP contribution in [0.3, 0.4) is 0 Å². The molecule has 0 atom stereocenters. The fourth-order valence-corrected chi connectivity index (χ4v) is 2.88. The second kappa shape index (κ2) is 7.02. The maximum atomic E-state index is 12.3. The van der Waals surface area contributed by atoms with Crippen molar-refractivity contribution in [2.24, 2.45) is 5.14 Å². The summed E-state index contributed by atoms with van der Waals surface area (Å²) < 4.78 is 27.9. The van der Waals surface area contributed by atoms with Crippen molar-refractivity contribution in [2.45, 2.75) is 4.90 Å². The smallest absolute Gasteiger partial charge is 0.291 e. The van der Waals surface area contributed by atoms with Crippen LogP contribution in [0.25, 0.3) is 11.3 Å². The van der Waals surface area contributed by atoms with Gasteiger partial charge < -0.3 is 9.73 Å². The van der Waals surface area contributed by atoms with Gasteiger partial charge in [0.1, 0.15) is 5.76 Å². The first-order chi connectivity index (χ1) is 12.8. The zero-order chi connectivity index (χ0) is 19.6. The van der Waals surface area contributed by atoms with Gasteiger partial charge in [0.05, 0.1) is 15.4 Å². The van der Waals surface area contributed by atoms with E-state index in [0.717, 1.165) is 0 Å². The van der Waals surface area contributed by atoms with Crippen molar-refractivity contribution >= 4 is 27.3 Å². The first-order valence-electron chi connectivity index (χ1n) is 7.53. The molecule has 9 nitrogen and oxygen atoms in total. The molecule has 0 saturated heterocycles. The Hall–Kier alpha value is -3.50. The van der Waals surface area contributed by atoms with Gasteiger partial charge in [0.15, 0.2) is 5.76 Å². The first-order valence-corrected chi connectivity index (χ1v) is 9.08. The monoisotopic (exact) mass is 387 g/mol. The van der Waals surface area contributed by atoms with Crippen LogP contribution >= 0.6 is 0 Å². The van der Waals surface area contributed by atoms with Gasteiger partial charge in [-0.2, -0.15) is 0 Å². The molecular formula is C17H13N3O6S. The third kappa shape index (κ3) is 4.02. The number of anilines is 1. The van der Waals surface area contributed by atoms with E-state index in [1.807, 2.05) is 0 Å². The van der Waals surface area contributed by atoms with Gasteiger partial charge in [-0.15, -0.1) is 0 Å². The average Bonchev–Trinajstić information content (AvgIpc) is 3.11. The van der Waals surface area contributed by atoms with Gasteiger partial charge in [-0.25, -0.2) is 13.6 Å². The van der Waals surface area contributed by atoms with E-state index in [0.29, 0.717) is 5.69 Å². The van der Waals surface area contributed by atoms with Crippen LogP contribution in [0.2, 0.25) is 0 Å². The Morgan fingerprint density at radius 1 is 1.04 bits per heavy atom. The van der Waals surface area contributed by atoms with Gasteiger partial charge in [-0.1, -0.05) is 12.1 Å². The van der Waals surface area contributed by atoms with Gasteiger partial charge in [-0.3, -0.25) is 14.9 Å². The van der Waals surface area contributed by atoms with Crippen molar-refractivity contribution in [3.63, 3.8) is 0 Å². The lowest BCUT2D eigenvalue weighted by Crippen LogP contribution is -2.13. The molecule has 0 fully saturated rings. The Labute approximate surface area is 153 Å². The number of primary sulfonamides is 1. The topological polar surface area (TPSA) is 146 Å². The molecule has 3 aromatic rings. The molecule has 0 saturated carbocycles. The fraction of sp³-hybridized carbons (Fsp3) is 0. The van der Waals surface area contributed by atoms with Crippen LogP contribution in [0, 0.1) is 10.1 Å². The minimum Gasteiger partial charge on any atom is -0.451 e. The lowest BCUT2D eigenvalue weighted by Gasteiger charge is -2.04. The molecule has 10 heteroatoms. The SMILES string of the molecule is NS(=O)(=O)c1ccc(NC(=O)c2ccc(-c3ccccc3[N+](=O)[O-])o2)cc1. The summed E-state index contributed by atoms with van der Waals surface area (Å²) in [6.07, 6.45) is 0. The summed E-state index contributed by atoms with van der Waals surface area (Å²) in [5, 5.41) is 18.7. The summed E-state index contributed by atoms with van der Waals surface area (Å²) in [6, 6.07) is 14.1. The number of nitrogens with two attached hydrogens (primary N) is 1. The molecule has 1 aromatic heterocycles. The van der Waals surface area contributed by atoms with E-state index in [1.54, 1.807) is 6.07 Å². The molecule has 2 aromatic carbocycles. The summed E-state index contributed by atoms with van der Waals surface area (Å²) in [5.41, 5.74) is 0.437. The summed E-state index contributed by atoms with van der Waals surface area (Å²) in [4.78, 5) is 22.8. The number of furan rings is 1. The van der Waals surface area contributed by atoms with Crippen molar-refractivity contribution in [1.29, 1.82) is 0 Å². The number of amides is 1. The van der Waals surface area contributed by atoms with Crippen LogP contribution in [0.1, 0.15) is 10.6 Å². The van der Waals surface area contributed by atoms with Crippen molar-refractivity contribution in [1.82, 2.24) is 0 Å². The van der Waals surface area contributed by atoms with Crippen molar-refractivity contribution in [3.8, 4) is 11.3 Å². The molecule has 0 aliphatic rings. The molecular weight excluding hydrogens is 374 g/mol. The summed E-state index contributed by atoms with van der Waals surface area (Å²) in [6.45, 7) is 0. The Morgan fingerprint density at radius 2 is 1.70 bits per heavy atom. The highest BCUT2D eigenvalue weighted by atomic mass is 32.2. The Kier molecular flexibility index (Phi) is 4.75. The zero-order valence-electron chi connectivity index (χ0n) is 13.7. The molecule has 0 aliphatic carbocycles. The number of nitro groups is 1. The molecule has 0 spiro atoms. The molecule has 0 bridgehead atoms. The predicted molar refractivity (Wildman–Crippen MR) is 96.6 cm³/mol. The van der Waals surface area contributed by atoms with Crippen LogP contribution in [0.5, 0.6) is 0 Å². The number of nitro benzene ring substituents is 1. The number of carbonyl (C=O) groups excluding carboxylic acids is 1. The number of sulfonamides is 1. The van der Waals surface area contributed by atoms with Gasteiger partial charge >= 0.3 is 0 Å². The highest BCUT2D eigenvalue weighted by molar-refractivity contribution is 7.89. The van der Waals surface area contributed by atoms with E-state index in [4.69, 9.17) is 9.56 Å². The molecule has 3 rings (SSSR count). The highest BCUT2D eigenvalue weighted by Crippen LogP contribution is 2.31. The molecule has 27 heavy (non-hydrogen) atoms. The maximum Gasteiger partial charge on any atom is 0.291 e. The first kappa shape index (κ1) is 18.3. The van der Waals surface area contributed by atoms with E-state index >= 15 is 0 Å². The largest absolute Gasteiger partial charge is 0.451 e. The van der Waals surface area contributed by atoms with E-state index in [-0.39, 0.29) is 27.7 Å². The standard InChI is InChI=1S/C17H13N3O6S/c18-27(24,25)12-7-5-11(6-8-12)19-17(21)16-10-9-15(26-16)13-3-1-2-4-14(13)20(22)23/h1-10H,(H,19,21)(H2,18,24,25). The maximum absolute atomic E-state index is 12.3. The van der Waals surface area contributed by atoms with E-state index in [1.165, 1.54) is 54.6 Å². The van der Waals surface area contributed by atoms with E-state index in [9.17, 15) is 23.3 Å². The van der Waals surface area contributed by atoms with Crippen LogP contribution < -0.4 is 10.5 Å². The second-order valence-electron chi connectivity index (χ2n) is 5.46. The molecule has 0 unspecified atom stereocenters. The number of para-hydroxylation sites is 1. The van der Waals surface area contributed by atoms with Crippen LogP contribution in [-0.2, 0) is 10.0 Å². The van der Waals surface area contributed by atoms with E-state index in [2.05, 4.69) is 5.32 Å². The molecule has 0 radical (unpaired) electrons. The molecule has 138 valence electrons. The number of benzene rings is 2. The quantitative estimate of drug-likeness (QED) is 0.508. The average molecular weight is 387 g/mol. The number of carbonyl (C=O) groups is 1. The summed E-state index contributed by atoms with van der Waals surface area (Å²) in [7, 11) is -3.82. The lowest BCUT2D eigenvalue weighted by atomic mass is 10.1. The minimum absolute atomic E-state index is 0.0568. The Morgan fingerprint density at radius 3 is 2.33 bits per heavy atom. The Balaban J connectivity index is 1.81. The molecule has 1 heterocycles. The predicted octanol–water partition coefficient (Wildman–Crippen LogP) is 2.75. The minimum atomic E-state index is -3.82. The number of nitrogens with zero attached hydrogens (tertiary/aromatic N) is 1. The second-order valence-corrected chi connectivity index (χ2v) is 7.02. The summed E-state index contributed by atoms with van der Waals surface area (Å²) >= 11 is 0. The van der Waals surface area contributed by atoms with Crippen molar-refractivity contribution < 1.29 is 22.6 Å². The van der Waals surface area contributed by atoms with Gasteiger partial charge in [-0.05, 0) is 42.5 Å². The number of nitrogens with one attached hydrogen (secondary N) is 1. The normalized spacial score (nSPS) is 11.1. The third-order valence-electron chi connectivity index (χ3n) is 3.64. The fourth-order valence-electron chi connectivity index (χ4n) is 2.37. The molecule has 1 amide bonds. The third-order valence-corrected chi connectivity index (χ3v) is 4.57. The number of hydrogen-bond acceptors (Lipinski definition) is 6. The van der Waals surface area contributed by atoms with Crippen LogP contribution in [-0.4, -0.2) is 19.2 Å². The zero-order valence-corrected chi connectivity index (χ0v) is 14.5. The van der Waals surface area contributed by atoms with Crippen LogP contribution in [0.4, 0.5) is 11.4 Å². The number of hydrogen-bond donors (Lipinski definition) is 2. The van der Waals surface area contributed by atoms with Gasteiger partial charge in [0.2, 0.25) is 10.0 Å². The highest BCUT2D eigenvalue weighted by Gasteiger charge is 2.19. The van der Waals surface area contributed by atoms with E-state index < -0.39 is 20.9 Å². The lowest BCUT2D eigenvalue weighted by molar-refractivity contribution is -0.384. The number of rotatable bonds is 5. The van der Waals surface area contributed by atoms with Crippen LogP contribution in [0.15, 0.2) is 70.0 Å². The summed E-state index contributed by atoms with van der Waals surface area (Å²) in [5.74, 6) is -0.473. The van der Waals surface area contributed by atoms with Gasteiger partial charge in [0, 0.05) is 11.8 Å². The van der Waals surface area contributed by atoms with Crippen molar-refractivity contribution in [3.05, 3.63) is 76.5 Å². The molecule has 3 N–H and O–H groups in total.